The molecule has 0 amide bonds. The predicted molar refractivity (Wildman–Crippen MR) is 86.8 cm³/mol. The maximum Gasteiger partial charge on any atom is 0.270 e. The highest BCUT2D eigenvalue weighted by Crippen LogP contribution is 2.28. The van der Waals surface area contributed by atoms with Crippen molar-refractivity contribution in [2.45, 2.75) is 6.54 Å². The van der Waals surface area contributed by atoms with Gasteiger partial charge in [-0.2, -0.15) is 0 Å². The van der Waals surface area contributed by atoms with E-state index in [0.29, 0.717) is 16.0 Å². The van der Waals surface area contributed by atoms with Crippen LogP contribution in [0.25, 0.3) is 10.9 Å². The van der Waals surface area contributed by atoms with E-state index in [1.165, 1.54) is 12.1 Å². The van der Waals surface area contributed by atoms with E-state index in [9.17, 15) is 10.1 Å². The molecule has 1 aromatic heterocycles. The minimum Gasteiger partial charge on any atom is -0.342 e. The molecule has 21 heavy (non-hydrogen) atoms. The van der Waals surface area contributed by atoms with Crippen LogP contribution in [0.3, 0.4) is 0 Å². The second kappa shape index (κ2) is 5.50. The van der Waals surface area contributed by atoms with Gasteiger partial charge >= 0.3 is 0 Å². The number of aromatic nitrogens is 1. The van der Waals surface area contributed by atoms with Crippen molar-refractivity contribution in [1.29, 1.82) is 0 Å². The van der Waals surface area contributed by atoms with Crippen molar-refractivity contribution in [2.75, 3.05) is 0 Å². The first-order valence-electron chi connectivity index (χ1n) is 6.22. The molecule has 0 fully saturated rings. The van der Waals surface area contributed by atoms with Gasteiger partial charge in [0, 0.05) is 34.7 Å². The highest BCUT2D eigenvalue weighted by Gasteiger charge is 2.11. The Morgan fingerprint density at radius 1 is 1.24 bits per heavy atom. The molecular formula is C15H10BrClN2O2. The third-order valence-electron chi connectivity index (χ3n) is 3.33. The van der Waals surface area contributed by atoms with Gasteiger partial charge in [0.1, 0.15) is 0 Å². The summed E-state index contributed by atoms with van der Waals surface area (Å²) in [4.78, 5) is 10.4. The number of fused-ring (bicyclic) bond motifs is 1. The number of hydrogen-bond acceptors (Lipinski definition) is 2. The quantitative estimate of drug-likeness (QED) is 0.483. The molecule has 0 saturated carbocycles. The summed E-state index contributed by atoms with van der Waals surface area (Å²) >= 11 is 9.65. The topological polar surface area (TPSA) is 48.1 Å². The van der Waals surface area contributed by atoms with Crippen LogP contribution < -0.4 is 0 Å². The minimum atomic E-state index is -0.406. The first-order valence-corrected chi connectivity index (χ1v) is 7.39. The molecule has 4 nitrogen and oxygen atoms in total. The molecule has 0 saturated heterocycles. The number of nitro groups is 1. The van der Waals surface area contributed by atoms with Gasteiger partial charge in [0.2, 0.25) is 0 Å². The van der Waals surface area contributed by atoms with E-state index in [0.717, 1.165) is 16.5 Å². The van der Waals surface area contributed by atoms with E-state index in [1.54, 1.807) is 6.07 Å². The normalized spacial score (nSPS) is 11.0. The van der Waals surface area contributed by atoms with Crippen molar-refractivity contribution in [1.82, 2.24) is 4.57 Å². The second-order valence-electron chi connectivity index (χ2n) is 4.65. The van der Waals surface area contributed by atoms with Gasteiger partial charge in [0.15, 0.2) is 0 Å². The zero-order chi connectivity index (χ0) is 15.0. The summed E-state index contributed by atoms with van der Waals surface area (Å²) in [5, 5.41) is 12.5. The van der Waals surface area contributed by atoms with Gasteiger partial charge in [-0.25, -0.2) is 0 Å². The van der Waals surface area contributed by atoms with Gasteiger partial charge in [-0.1, -0.05) is 39.7 Å². The molecule has 0 radical (unpaired) electrons. The molecule has 6 heteroatoms. The fraction of sp³-hybridized carbons (Fsp3) is 0.0667. The SMILES string of the molecule is O=[N+]([O-])c1ccc(Cn2ccc3cccc(Cl)c32)c(Br)c1. The first-order chi connectivity index (χ1) is 10.1. The summed E-state index contributed by atoms with van der Waals surface area (Å²) in [6.07, 6.45) is 1.96. The fourth-order valence-corrected chi connectivity index (χ4v) is 3.09. The standard InChI is InChI=1S/C15H10BrClN2O2/c16-13-8-12(19(20)21)5-4-11(13)9-18-7-6-10-2-1-3-14(17)15(10)18/h1-8H,9H2. The number of nitrogens with zero attached hydrogens (tertiary/aromatic N) is 2. The van der Waals surface area contributed by atoms with E-state index in [2.05, 4.69) is 15.9 Å². The van der Waals surface area contributed by atoms with Crippen LogP contribution in [-0.2, 0) is 6.54 Å². The molecule has 0 spiro atoms. The lowest BCUT2D eigenvalue weighted by Crippen LogP contribution is -2.00. The fourth-order valence-electron chi connectivity index (χ4n) is 2.31. The van der Waals surface area contributed by atoms with E-state index < -0.39 is 4.92 Å². The Morgan fingerprint density at radius 2 is 2.05 bits per heavy atom. The lowest BCUT2D eigenvalue weighted by Gasteiger charge is -2.09. The van der Waals surface area contributed by atoms with Crippen LogP contribution in [0.2, 0.25) is 5.02 Å². The van der Waals surface area contributed by atoms with Crippen LogP contribution in [-0.4, -0.2) is 9.49 Å². The molecular weight excluding hydrogens is 356 g/mol. The molecule has 0 aliphatic heterocycles. The van der Waals surface area contributed by atoms with Crippen LogP contribution in [0.4, 0.5) is 5.69 Å². The van der Waals surface area contributed by atoms with Crippen molar-refractivity contribution in [3.05, 3.63) is 73.8 Å². The molecule has 106 valence electrons. The lowest BCUT2D eigenvalue weighted by molar-refractivity contribution is -0.384. The molecule has 0 unspecified atom stereocenters. The first kappa shape index (κ1) is 14.1. The van der Waals surface area contributed by atoms with Crippen LogP contribution in [0.15, 0.2) is 53.1 Å². The second-order valence-corrected chi connectivity index (χ2v) is 5.92. The molecule has 2 aromatic carbocycles. The number of non-ortho nitro benzene ring substituents is 1. The molecule has 0 N–H and O–H groups in total. The Kier molecular flexibility index (Phi) is 3.69. The maximum absolute atomic E-state index is 10.8. The molecule has 0 aliphatic carbocycles. The van der Waals surface area contributed by atoms with Gasteiger partial charge in [0.25, 0.3) is 5.69 Å². The van der Waals surface area contributed by atoms with Gasteiger partial charge < -0.3 is 4.57 Å². The number of halogens is 2. The third-order valence-corrected chi connectivity index (χ3v) is 4.37. The zero-order valence-electron chi connectivity index (χ0n) is 10.8. The molecule has 3 aromatic rings. The maximum atomic E-state index is 10.8. The van der Waals surface area contributed by atoms with Gasteiger partial charge in [-0.3, -0.25) is 10.1 Å². The summed E-state index contributed by atoms with van der Waals surface area (Å²) < 4.78 is 2.74. The van der Waals surface area contributed by atoms with Crippen LogP contribution >= 0.6 is 27.5 Å². The molecule has 0 aliphatic rings. The Balaban J connectivity index is 2.01. The summed E-state index contributed by atoms with van der Waals surface area (Å²) in [7, 11) is 0. The highest BCUT2D eigenvalue weighted by molar-refractivity contribution is 9.10. The van der Waals surface area contributed by atoms with E-state index in [4.69, 9.17) is 11.6 Å². The minimum absolute atomic E-state index is 0.0704. The monoisotopic (exact) mass is 364 g/mol. The molecule has 3 rings (SSSR count). The van der Waals surface area contributed by atoms with Crippen molar-refractivity contribution < 1.29 is 4.92 Å². The van der Waals surface area contributed by atoms with Crippen LogP contribution in [0.5, 0.6) is 0 Å². The Morgan fingerprint density at radius 3 is 2.76 bits per heavy atom. The number of hydrogen-bond donors (Lipinski definition) is 0. The van der Waals surface area contributed by atoms with Crippen molar-refractivity contribution in [3.63, 3.8) is 0 Å². The Labute approximate surface area is 134 Å². The average Bonchev–Trinajstić information content (AvgIpc) is 2.85. The van der Waals surface area contributed by atoms with E-state index >= 15 is 0 Å². The summed E-state index contributed by atoms with van der Waals surface area (Å²) in [6, 6.07) is 12.5. The van der Waals surface area contributed by atoms with Gasteiger partial charge in [0.05, 0.1) is 15.5 Å². The van der Waals surface area contributed by atoms with Crippen molar-refractivity contribution in [2.24, 2.45) is 0 Å². The molecule has 0 bridgehead atoms. The Bertz CT molecular complexity index is 845. The highest BCUT2D eigenvalue weighted by atomic mass is 79.9. The lowest BCUT2D eigenvalue weighted by atomic mass is 10.2. The third kappa shape index (κ3) is 2.66. The largest absolute Gasteiger partial charge is 0.342 e. The summed E-state index contributed by atoms with van der Waals surface area (Å²) in [5.41, 5.74) is 1.99. The Hall–Kier alpha value is -1.85. The van der Waals surface area contributed by atoms with Crippen LogP contribution in [0, 0.1) is 10.1 Å². The number of nitro benzene ring substituents is 1. The number of para-hydroxylation sites is 1. The zero-order valence-corrected chi connectivity index (χ0v) is 13.1. The van der Waals surface area contributed by atoms with Gasteiger partial charge in [-0.05, 0) is 23.8 Å². The number of rotatable bonds is 3. The van der Waals surface area contributed by atoms with E-state index in [1.807, 2.05) is 35.0 Å². The van der Waals surface area contributed by atoms with Crippen LogP contribution in [0.1, 0.15) is 5.56 Å². The predicted octanol–water partition coefficient (Wildman–Crippen LogP) is 5.01. The molecule has 1 heterocycles. The van der Waals surface area contributed by atoms with Gasteiger partial charge in [-0.15, -0.1) is 0 Å². The van der Waals surface area contributed by atoms with E-state index in [-0.39, 0.29) is 5.69 Å². The molecule has 0 atom stereocenters. The van der Waals surface area contributed by atoms with Crippen molar-refractivity contribution >= 4 is 44.1 Å². The number of benzene rings is 2. The summed E-state index contributed by atoms with van der Waals surface area (Å²) in [6.45, 7) is 0.589. The van der Waals surface area contributed by atoms with Crippen molar-refractivity contribution in [3.8, 4) is 0 Å². The summed E-state index contributed by atoms with van der Waals surface area (Å²) in [5.74, 6) is 0. The average molecular weight is 366 g/mol. The smallest absolute Gasteiger partial charge is 0.270 e.